The molecule has 4 aromatic rings. The normalized spacial score (nSPS) is 14.8. The number of thiazole rings is 1. The zero-order chi connectivity index (χ0) is 20.3. The molecule has 0 aliphatic heterocycles. The zero-order valence-corrected chi connectivity index (χ0v) is 17.8. The van der Waals surface area contributed by atoms with Crippen molar-refractivity contribution in [3.05, 3.63) is 54.2 Å². The fourth-order valence-electron chi connectivity index (χ4n) is 3.97. The Kier molecular flexibility index (Phi) is 5.31. The van der Waals surface area contributed by atoms with Crippen molar-refractivity contribution in [2.75, 3.05) is 10.6 Å². The monoisotopic (exact) mass is 419 g/mol. The summed E-state index contributed by atoms with van der Waals surface area (Å²) in [6.45, 7) is 2.78. The summed E-state index contributed by atoms with van der Waals surface area (Å²) < 4.78 is 2.14. The SMILES string of the molecule is Cc1nccn1Cc1cc(Nc2nc3cccnc3s2)nc(NC2CCCCC2)c1. The topological polar surface area (TPSA) is 80.6 Å². The number of fused-ring (bicyclic) bond motifs is 1. The molecular formula is C22H25N7S. The fourth-order valence-corrected chi connectivity index (χ4v) is 4.79. The molecule has 0 saturated heterocycles. The van der Waals surface area contributed by atoms with Crippen molar-refractivity contribution in [1.29, 1.82) is 0 Å². The third-order valence-corrected chi connectivity index (χ3v) is 6.41. The van der Waals surface area contributed by atoms with Gasteiger partial charge in [0.1, 0.15) is 27.8 Å². The lowest BCUT2D eigenvalue weighted by Gasteiger charge is -2.24. The highest BCUT2D eigenvalue weighted by Crippen LogP contribution is 2.28. The molecule has 0 radical (unpaired) electrons. The van der Waals surface area contributed by atoms with Gasteiger partial charge in [0.05, 0.1) is 0 Å². The van der Waals surface area contributed by atoms with Gasteiger partial charge in [0.15, 0.2) is 5.13 Å². The number of imidazole rings is 1. The lowest BCUT2D eigenvalue weighted by molar-refractivity contribution is 0.462. The van der Waals surface area contributed by atoms with E-state index in [0.29, 0.717) is 6.04 Å². The van der Waals surface area contributed by atoms with E-state index in [-0.39, 0.29) is 0 Å². The number of aromatic nitrogens is 5. The van der Waals surface area contributed by atoms with Crippen molar-refractivity contribution in [2.45, 2.75) is 51.6 Å². The largest absolute Gasteiger partial charge is 0.367 e. The Bertz CT molecular complexity index is 1110. The van der Waals surface area contributed by atoms with Crippen molar-refractivity contribution in [3.63, 3.8) is 0 Å². The quantitative estimate of drug-likeness (QED) is 0.451. The first-order chi connectivity index (χ1) is 14.7. The number of aryl methyl sites for hydroxylation is 1. The molecule has 1 aliphatic rings. The van der Waals surface area contributed by atoms with Gasteiger partial charge in [0.2, 0.25) is 0 Å². The van der Waals surface area contributed by atoms with Crippen LogP contribution in [-0.4, -0.2) is 30.5 Å². The van der Waals surface area contributed by atoms with Gasteiger partial charge < -0.3 is 15.2 Å². The van der Waals surface area contributed by atoms with Crippen LogP contribution in [0.1, 0.15) is 43.5 Å². The molecule has 1 fully saturated rings. The Morgan fingerprint density at radius 2 is 1.93 bits per heavy atom. The molecule has 154 valence electrons. The summed E-state index contributed by atoms with van der Waals surface area (Å²) in [5.41, 5.74) is 2.07. The molecule has 4 heterocycles. The molecule has 0 atom stereocenters. The van der Waals surface area contributed by atoms with E-state index in [9.17, 15) is 0 Å². The average Bonchev–Trinajstić information content (AvgIpc) is 3.34. The highest BCUT2D eigenvalue weighted by atomic mass is 32.1. The molecule has 1 aliphatic carbocycles. The van der Waals surface area contributed by atoms with E-state index in [4.69, 9.17) is 4.98 Å². The molecule has 0 amide bonds. The van der Waals surface area contributed by atoms with Crippen molar-refractivity contribution < 1.29 is 0 Å². The molecule has 0 spiro atoms. The summed E-state index contributed by atoms with van der Waals surface area (Å²) in [5.74, 6) is 2.71. The van der Waals surface area contributed by atoms with Crippen LogP contribution < -0.4 is 10.6 Å². The van der Waals surface area contributed by atoms with E-state index in [0.717, 1.165) is 39.5 Å². The summed E-state index contributed by atoms with van der Waals surface area (Å²) >= 11 is 1.54. The standard InChI is InChI=1S/C22H25N7S/c1-15-23-10-11-29(15)14-16-12-19(25-17-6-3-2-4-7-17)27-20(13-16)28-22-26-18-8-5-9-24-21(18)30-22/h5,8-13,17H,2-4,6-7,14H2,1H3,(H2,25,26,27,28). The van der Waals surface area contributed by atoms with Crippen molar-refractivity contribution >= 4 is 38.5 Å². The van der Waals surface area contributed by atoms with Crippen molar-refractivity contribution in [1.82, 2.24) is 24.5 Å². The van der Waals surface area contributed by atoms with E-state index in [2.05, 4.69) is 42.3 Å². The molecule has 1 saturated carbocycles. The minimum absolute atomic E-state index is 0.496. The second kappa shape index (κ2) is 8.39. The number of anilines is 3. The van der Waals surface area contributed by atoms with Gasteiger partial charge >= 0.3 is 0 Å². The van der Waals surface area contributed by atoms with Crippen molar-refractivity contribution in [3.8, 4) is 0 Å². The van der Waals surface area contributed by atoms with Gasteiger partial charge in [-0.1, -0.05) is 30.6 Å². The van der Waals surface area contributed by atoms with Crippen LogP contribution >= 0.6 is 11.3 Å². The average molecular weight is 420 g/mol. The van der Waals surface area contributed by atoms with Crippen LogP contribution in [-0.2, 0) is 6.54 Å². The van der Waals surface area contributed by atoms with Gasteiger partial charge in [-0.15, -0.1) is 0 Å². The maximum Gasteiger partial charge on any atom is 0.190 e. The zero-order valence-electron chi connectivity index (χ0n) is 17.0. The van der Waals surface area contributed by atoms with Crippen LogP contribution in [0.4, 0.5) is 16.8 Å². The predicted molar refractivity (Wildman–Crippen MR) is 121 cm³/mol. The second-order valence-corrected chi connectivity index (χ2v) is 8.78. The van der Waals surface area contributed by atoms with Gasteiger partial charge in [0, 0.05) is 31.2 Å². The van der Waals surface area contributed by atoms with Gasteiger partial charge in [-0.05, 0) is 49.6 Å². The molecule has 7 nitrogen and oxygen atoms in total. The van der Waals surface area contributed by atoms with E-state index in [1.165, 1.54) is 49.0 Å². The molecular weight excluding hydrogens is 394 g/mol. The molecule has 5 rings (SSSR count). The van der Waals surface area contributed by atoms with Crippen LogP contribution in [0.5, 0.6) is 0 Å². The Morgan fingerprint density at radius 3 is 2.73 bits per heavy atom. The first-order valence-electron chi connectivity index (χ1n) is 10.5. The van der Waals surface area contributed by atoms with Crippen LogP contribution in [0.3, 0.4) is 0 Å². The van der Waals surface area contributed by atoms with Crippen LogP contribution in [0.15, 0.2) is 42.9 Å². The van der Waals surface area contributed by atoms with Gasteiger partial charge in [-0.3, -0.25) is 0 Å². The summed E-state index contributed by atoms with van der Waals surface area (Å²) in [5, 5.41) is 7.86. The van der Waals surface area contributed by atoms with Crippen LogP contribution in [0.2, 0.25) is 0 Å². The number of hydrogen-bond donors (Lipinski definition) is 2. The number of nitrogens with one attached hydrogen (secondary N) is 2. The third kappa shape index (κ3) is 4.28. The maximum atomic E-state index is 4.84. The lowest BCUT2D eigenvalue weighted by Crippen LogP contribution is -2.23. The Morgan fingerprint density at radius 1 is 1.07 bits per heavy atom. The fraction of sp³-hybridized carbons (Fsp3) is 0.364. The Hall–Kier alpha value is -3.00. The Labute approximate surface area is 179 Å². The first-order valence-corrected chi connectivity index (χ1v) is 11.3. The highest BCUT2D eigenvalue weighted by Gasteiger charge is 2.15. The van der Waals surface area contributed by atoms with Gasteiger partial charge in [-0.2, -0.15) is 0 Å². The molecule has 0 aromatic carbocycles. The maximum absolute atomic E-state index is 4.84. The third-order valence-electron chi connectivity index (χ3n) is 5.52. The highest BCUT2D eigenvalue weighted by molar-refractivity contribution is 7.21. The molecule has 30 heavy (non-hydrogen) atoms. The minimum atomic E-state index is 0.496. The van der Waals surface area contributed by atoms with E-state index in [1.807, 2.05) is 31.5 Å². The summed E-state index contributed by atoms with van der Waals surface area (Å²) in [4.78, 5) is 19.1. The minimum Gasteiger partial charge on any atom is -0.367 e. The van der Waals surface area contributed by atoms with Crippen LogP contribution in [0.25, 0.3) is 10.3 Å². The number of nitrogens with zero attached hydrogens (tertiary/aromatic N) is 5. The molecule has 2 N–H and O–H groups in total. The predicted octanol–water partition coefficient (Wildman–Crippen LogP) is 5.13. The second-order valence-electron chi connectivity index (χ2n) is 7.80. The Balaban J connectivity index is 1.43. The lowest BCUT2D eigenvalue weighted by atomic mass is 9.95. The van der Waals surface area contributed by atoms with Crippen LogP contribution in [0, 0.1) is 6.92 Å². The molecule has 8 heteroatoms. The molecule has 0 unspecified atom stereocenters. The number of pyridine rings is 2. The van der Waals surface area contributed by atoms with E-state index < -0.39 is 0 Å². The number of hydrogen-bond acceptors (Lipinski definition) is 7. The smallest absolute Gasteiger partial charge is 0.190 e. The molecule has 0 bridgehead atoms. The first kappa shape index (κ1) is 19.0. The summed E-state index contributed by atoms with van der Waals surface area (Å²) in [6, 6.07) is 8.62. The van der Waals surface area contributed by atoms with Gasteiger partial charge in [0.25, 0.3) is 0 Å². The molecule has 4 aromatic heterocycles. The van der Waals surface area contributed by atoms with E-state index >= 15 is 0 Å². The summed E-state index contributed by atoms with van der Waals surface area (Å²) in [7, 11) is 0. The summed E-state index contributed by atoms with van der Waals surface area (Å²) in [6.07, 6.45) is 12.0. The number of rotatable bonds is 6. The van der Waals surface area contributed by atoms with Crippen molar-refractivity contribution in [2.24, 2.45) is 0 Å². The van der Waals surface area contributed by atoms with Gasteiger partial charge in [-0.25, -0.2) is 19.9 Å². The van der Waals surface area contributed by atoms with E-state index in [1.54, 1.807) is 6.20 Å².